The molecule has 1 aromatic rings. The van der Waals surface area contributed by atoms with Crippen LogP contribution >= 0.6 is 12.2 Å². The Kier molecular flexibility index (Phi) is 4.71. The minimum absolute atomic E-state index is 0.278. The zero-order valence-electron chi connectivity index (χ0n) is 9.93. The van der Waals surface area contributed by atoms with E-state index in [0.29, 0.717) is 11.6 Å². The standard InChI is InChI=1S/C12H18N2OS/c1-9(8-15-3)14(2)11-7-5-4-6-10(11)12(13)16/h4-7,9H,8H2,1-3H3,(H2,13,16). The molecule has 0 saturated heterocycles. The highest BCUT2D eigenvalue weighted by atomic mass is 32.1. The number of ether oxygens (including phenoxy) is 1. The van der Waals surface area contributed by atoms with Crippen LogP contribution < -0.4 is 10.6 Å². The molecule has 88 valence electrons. The van der Waals surface area contributed by atoms with E-state index in [9.17, 15) is 0 Å². The largest absolute Gasteiger partial charge is 0.389 e. The number of methoxy groups -OCH3 is 1. The van der Waals surface area contributed by atoms with Crippen LogP contribution in [0.3, 0.4) is 0 Å². The summed E-state index contributed by atoms with van der Waals surface area (Å²) < 4.78 is 5.14. The number of hydrogen-bond donors (Lipinski definition) is 1. The van der Waals surface area contributed by atoms with Crippen LogP contribution in [0, 0.1) is 0 Å². The lowest BCUT2D eigenvalue weighted by molar-refractivity contribution is 0.183. The Bertz CT molecular complexity index is 368. The van der Waals surface area contributed by atoms with Gasteiger partial charge in [0, 0.05) is 31.5 Å². The number of rotatable bonds is 5. The molecule has 0 saturated carbocycles. The number of anilines is 1. The molecule has 1 aromatic carbocycles. The number of hydrogen-bond acceptors (Lipinski definition) is 3. The van der Waals surface area contributed by atoms with Crippen LogP contribution in [-0.2, 0) is 4.74 Å². The summed E-state index contributed by atoms with van der Waals surface area (Å²) in [6.07, 6.45) is 0. The number of benzene rings is 1. The summed E-state index contributed by atoms with van der Waals surface area (Å²) in [6, 6.07) is 8.15. The number of para-hydroxylation sites is 1. The van der Waals surface area contributed by atoms with Gasteiger partial charge in [0.1, 0.15) is 4.99 Å². The maximum atomic E-state index is 5.70. The lowest BCUT2D eigenvalue weighted by Gasteiger charge is -2.28. The third-order valence-electron chi connectivity index (χ3n) is 2.62. The minimum atomic E-state index is 0.278. The SMILES string of the molecule is COCC(C)N(C)c1ccccc1C(N)=S. The van der Waals surface area contributed by atoms with Crippen LogP contribution in [0.25, 0.3) is 0 Å². The van der Waals surface area contributed by atoms with E-state index in [2.05, 4.69) is 11.8 Å². The number of likely N-dealkylation sites (N-methyl/N-ethyl adjacent to an activating group) is 1. The second-order valence-electron chi connectivity index (χ2n) is 3.80. The molecule has 0 aliphatic rings. The van der Waals surface area contributed by atoms with Crippen molar-refractivity contribution in [1.82, 2.24) is 0 Å². The van der Waals surface area contributed by atoms with E-state index in [1.165, 1.54) is 0 Å². The lowest BCUT2D eigenvalue weighted by atomic mass is 10.1. The molecule has 0 fully saturated rings. The van der Waals surface area contributed by atoms with Crippen molar-refractivity contribution in [3.05, 3.63) is 29.8 Å². The molecular formula is C12H18N2OS. The van der Waals surface area contributed by atoms with Crippen LogP contribution in [0.1, 0.15) is 12.5 Å². The van der Waals surface area contributed by atoms with Gasteiger partial charge in [0.25, 0.3) is 0 Å². The smallest absolute Gasteiger partial charge is 0.106 e. The Morgan fingerprint density at radius 1 is 1.50 bits per heavy atom. The molecule has 2 N–H and O–H groups in total. The Morgan fingerprint density at radius 2 is 2.12 bits per heavy atom. The van der Waals surface area contributed by atoms with Gasteiger partial charge in [-0.2, -0.15) is 0 Å². The molecule has 0 spiro atoms. The second kappa shape index (κ2) is 5.82. The lowest BCUT2D eigenvalue weighted by Crippen LogP contribution is -2.34. The van der Waals surface area contributed by atoms with Crippen LogP contribution in [0.15, 0.2) is 24.3 Å². The summed E-state index contributed by atoms with van der Waals surface area (Å²) >= 11 is 5.04. The zero-order chi connectivity index (χ0) is 12.1. The zero-order valence-corrected chi connectivity index (χ0v) is 10.8. The average molecular weight is 238 g/mol. The molecule has 16 heavy (non-hydrogen) atoms. The molecule has 0 bridgehead atoms. The highest BCUT2D eigenvalue weighted by Crippen LogP contribution is 2.20. The Labute approximate surface area is 102 Å². The summed E-state index contributed by atoms with van der Waals surface area (Å²) in [5, 5.41) is 0. The quantitative estimate of drug-likeness (QED) is 0.794. The van der Waals surface area contributed by atoms with Crippen molar-refractivity contribution in [3.63, 3.8) is 0 Å². The van der Waals surface area contributed by atoms with Crippen LogP contribution in [-0.4, -0.2) is 31.8 Å². The topological polar surface area (TPSA) is 38.5 Å². The first-order valence-electron chi connectivity index (χ1n) is 5.18. The van der Waals surface area contributed by atoms with Crippen LogP contribution in [0.4, 0.5) is 5.69 Å². The van der Waals surface area contributed by atoms with E-state index in [-0.39, 0.29) is 6.04 Å². The molecule has 0 heterocycles. The van der Waals surface area contributed by atoms with Crippen molar-refractivity contribution in [2.24, 2.45) is 5.73 Å². The van der Waals surface area contributed by atoms with Gasteiger partial charge in [0.2, 0.25) is 0 Å². The molecule has 0 aliphatic heterocycles. The predicted molar refractivity (Wildman–Crippen MR) is 72.1 cm³/mol. The molecule has 0 aromatic heterocycles. The monoisotopic (exact) mass is 238 g/mol. The van der Waals surface area contributed by atoms with Gasteiger partial charge in [-0.25, -0.2) is 0 Å². The predicted octanol–water partition coefficient (Wildman–Crippen LogP) is 1.79. The van der Waals surface area contributed by atoms with Crippen molar-refractivity contribution in [3.8, 4) is 0 Å². The fourth-order valence-corrected chi connectivity index (χ4v) is 1.75. The number of nitrogens with zero attached hydrogens (tertiary/aromatic N) is 1. The van der Waals surface area contributed by atoms with Crippen molar-refractivity contribution in [2.75, 3.05) is 25.7 Å². The molecular weight excluding hydrogens is 220 g/mol. The van der Waals surface area contributed by atoms with Gasteiger partial charge in [-0.15, -0.1) is 0 Å². The summed E-state index contributed by atoms with van der Waals surface area (Å²) in [5.74, 6) is 0. The van der Waals surface area contributed by atoms with Crippen LogP contribution in [0.5, 0.6) is 0 Å². The fraction of sp³-hybridized carbons (Fsp3) is 0.417. The van der Waals surface area contributed by atoms with E-state index in [0.717, 1.165) is 11.3 Å². The average Bonchev–Trinajstić information content (AvgIpc) is 2.28. The van der Waals surface area contributed by atoms with Crippen molar-refractivity contribution >= 4 is 22.9 Å². The van der Waals surface area contributed by atoms with Crippen molar-refractivity contribution < 1.29 is 4.74 Å². The molecule has 1 unspecified atom stereocenters. The Morgan fingerprint density at radius 3 is 2.69 bits per heavy atom. The highest BCUT2D eigenvalue weighted by molar-refractivity contribution is 7.80. The van der Waals surface area contributed by atoms with Crippen LogP contribution in [0.2, 0.25) is 0 Å². The fourth-order valence-electron chi connectivity index (χ4n) is 1.58. The number of thiocarbonyl (C=S) groups is 1. The van der Waals surface area contributed by atoms with Gasteiger partial charge in [-0.1, -0.05) is 24.4 Å². The third kappa shape index (κ3) is 2.93. The maximum absolute atomic E-state index is 5.70. The molecule has 1 rings (SSSR count). The van der Waals surface area contributed by atoms with E-state index >= 15 is 0 Å². The van der Waals surface area contributed by atoms with Gasteiger partial charge in [0.15, 0.2) is 0 Å². The van der Waals surface area contributed by atoms with Crippen molar-refractivity contribution in [2.45, 2.75) is 13.0 Å². The van der Waals surface area contributed by atoms with Gasteiger partial charge in [-0.3, -0.25) is 0 Å². The van der Waals surface area contributed by atoms with Gasteiger partial charge in [-0.05, 0) is 19.1 Å². The van der Waals surface area contributed by atoms with E-state index in [1.54, 1.807) is 7.11 Å². The first-order valence-corrected chi connectivity index (χ1v) is 5.59. The molecule has 0 radical (unpaired) electrons. The van der Waals surface area contributed by atoms with Gasteiger partial charge in [0.05, 0.1) is 6.61 Å². The second-order valence-corrected chi connectivity index (χ2v) is 4.24. The normalized spacial score (nSPS) is 12.2. The van der Waals surface area contributed by atoms with Gasteiger partial charge < -0.3 is 15.4 Å². The van der Waals surface area contributed by atoms with Crippen molar-refractivity contribution in [1.29, 1.82) is 0 Å². The molecule has 0 aliphatic carbocycles. The van der Waals surface area contributed by atoms with E-state index in [4.69, 9.17) is 22.7 Å². The van der Waals surface area contributed by atoms with E-state index in [1.807, 2.05) is 31.3 Å². The first kappa shape index (κ1) is 12.9. The summed E-state index contributed by atoms with van der Waals surface area (Å²) in [5.41, 5.74) is 7.65. The third-order valence-corrected chi connectivity index (χ3v) is 2.84. The molecule has 1 atom stereocenters. The molecule has 4 heteroatoms. The number of nitrogens with two attached hydrogens (primary N) is 1. The Balaban J connectivity index is 2.98. The Hall–Kier alpha value is -1.13. The van der Waals surface area contributed by atoms with E-state index < -0.39 is 0 Å². The van der Waals surface area contributed by atoms with Gasteiger partial charge >= 0.3 is 0 Å². The minimum Gasteiger partial charge on any atom is -0.389 e. The summed E-state index contributed by atoms with van der Waals surface area (Å²) in [6.45, 7) is 2.77. The first-order chi connectivity index (χ1) is 7.57. The highest BCUT2D eigenvalue weighted by Gasteiger charge is 2.13. The maximum Gasteiger partial charge on any atom is 0.106 e. The summed E-state index contributed by atoms with van der Waals surface area (Å²) in [7, 11) is 3.71. The molecule has 0 amide bonds. The molecule has 3 nitrogen and oxygen atoms in total. The summed E-state index contributed by atoms with van der Waals surface area (Å²) in [4.78, 5) is 2.55.